The standard InChI is InChI=1S/C22H33N3O6/c1-5-14(2)17(13-26)23-20(27)9-7-16-21(28)25(22(29)24-16)11-10-15-6-8-18(30-3)19(12-15)31-4/h6,8,12,14,16-17,26H,5,7,9-11,13H2,1-4H3,(H,23,27)(H,24,29)/t14-,16-,17-/m0/s1. The Morgan fingerprint density at radius 1 is 1.26 bits per heavy atom. The van der Waals surface area contributed by atoms with E-state index in [9.17, 15) is 19.5 Å². The van der Waals surface area contributed by atoms with E-state index in [0.717, 1.165) is 12.0 Å². The van der Waals surface area contributed by atoms with Crippen LogP contribution in [0.2, 0.25) is 0 Å². The number of hydrogen-bond acceptors (Lipinski definition) is 6. The number of benzene rings is 1. The molecule has 4 amide bonds. The molecule has 1 aliphatic heterocycles. The topological polar surface area (TPSA) is 117 Å². The number of aliphatic hydroxyl groups is 1. The molecule has 9 nitrogen and oxygen atoms in total. The molecular weight excluding hydrogens is 402 g/mol. The van der Waals surface area contributed by atoms with Gasteiger partial charge in [-0.15, -0.1) is 0 Å². The Kier molecular flexibility index (Phi) is 9.11. The van der Waals surface area contributed by atoms with Gasteiger partial charge in [-0.25, -0.2) is 4.79 Å². The first-order valence-corrected chi connectivity index (χ1v) is 10.6. The van der Waals surface area contributed by atoms with Crippen molar-refractivity contribution in [2.45, 2.75) is 51.6 Å². The van der Waals surface area contributed by atoms with E-state index >= 15 is 0 Å². The lowest BCUT2D eigenvalue weighted by molar-refractivity contribution is -0.127. The lowest BCUT2D eigenvalue weighted by atomic mass is 9.99. The predicted molar refractivity (Wildman–Crippen MR) is 115 cm³/mol. The highest BCUT2D eigenvalue weighted by Crippen LogP contribution is 2.28. The highest BCUT2D eigenvalue weighted by atomic mass is 16.5. The van der Waals surface area contributed by atoms with Crippen molar-refractivity contribution < 1.29 is 29.0 Å². The zero-order chi connectivity index (χ0) is 23.0. The first-order valence-electron chi connectivity index (χ1n) is 10.6. The second-order valence-electron chi connectivity index (χ2n) is 7.71. The summed E-state index contributed by atoms with van der Waals surface area (Å²) in [4.78, 5) is 38.3. The van der Waals surface area contributed by atoms with E-state index in [1.165, 1.54) is 4.90 Å². The molecule has 1 fully saturated rings. The lowest BCUT2D eigenvalue weighted by Crippen LogP contribution is -2.42. The SMILES string of the molecule is CC[C@H](C)[C@H](CO)NC(=O)CC[C@@H]1NC(=O)N(CCc2ccc(OC)c(OC)c2)C1=O. The average molecular weight is 436 g/mol. The molecule has 1 aliphatic rings. The fourth-order valence-electron chi connectivity index (χ4n) is 3.47. The molecule has 0 aliphatic carbocycles. The van der Waals surface area contributed by atoms with E-state index in [1.807, 2.05) is 26.0 Å². The molecule has 3 atom stereocenters. The molecule has 0 saturated carbocycles. The summed E-state index contributed by atoms with van der Waals surface area (Å²) in [5, 5.41) is 14.9. The number of carbonyl (C=O) groups excluding carboxylic acids is 3. The van der Waals surface area contributed by atoms with Gasteiger partial charge in [-0.1, -0.05) is 26.3 Å². The summed E-state index contributed by atoms with van der Waals surface area (Å²) in [5.74, 6) is 0.758. The third-order valence-electron chi connectivity index (χ3n) is 5.71. The number of ether oxygens (including phenoxy) is 2. The molecule has 172 valence electrons. The number of aliphatic hydroxyl groups excluding tert-OH is 1. The third-order valence-corrected chi connectivity index (χ3v) is 5.71. The van der Waals surface area contributed by atoms with Gasteiger partial charge in [0.05, 0.1) is 26.9 Å². The van der Waals surface area contributed by atoms with Crippen LogP contribution in [-0.4, -0.2) is 67.3 Å². The number of methoxy groups -OCH3 is 2. The molecule has 0 spiro atoms. The van der Waals surface area contributed by atoms with Gasteiger partial charge in [0.15, 0.2) is 11.5 Å². The maximum Gasteiger partial charge on any atom is 0.324 e. The summed E-state index contributed by atoms with van der Waals surface area (Å²) < 4.78 is 10.5. The van der Waals surface area contributed by atoms with Gasteiger partial charge >= 0.3 is 6.03 Å². The summed E-state index contributed by atoms with van der Waals surface area (Å²) in [6.45, 7) is 4.04. The fourth-order valence-corrected chi connectivity index (χ4v) is 3.47. The number of amides is 4. The Labute approximate surface area is 183 Å². The van der Waals surface area contributed by atoms with E-state index in [4.69, 9.17) is 9.47 Å². The molecule has 1 aromatic carbocycles. The molecule has 0 bridgehead atoms. The van der Waals surface area contributed by atoms with Gasteiger partial charge in [0.25, 0.3) is 5.91 Å². The van der Waals surface area contributed by atoms with Crippen molar-refractivity contribution in [3.63, 3.8) is 0 Å². The van der Waals surface area contributed by atoms with E-state index in [-0.39, 0.29) is 49.8 Å². The quantitative estimate of drug-likeness (QED) is 0.428. The molecule has 31 heavy (non-hydrogen) atoms. The molecule has 2 rings (SSSR count). The van der Waals surface area contributed by atoms with Crippen LogP contribution in [0.25, 0.3) is 0 Å². The van der Waals surface area contributed by atoms with Gasteiger partial charge in [-0.2, -0.15) is 0 Å². The summed E-state index contributed by atoms with van der Waals surface area (Å²) in [6.07, 6.45) is 1.60. The first kappa shape index (κ1) is 24.5. The Morgan fingerprint density at radius 3 is 2.58 bits per heavy atom. The smallest absolute Gasteiger partial charge is 0.324 e. The van der Waals surface area contributed by atoms with Crippen molar-refractivity contribution >= 4 is 17.8 Å². The molecule has 3 N–H and O–H groups in total. The molecule has 1 heterocycles. The maximum atomic E-state index is 12.6. The number of urea groups is 1. The van der Waals surface area contributed by atoms with Gasteiger partial charge in [0.1, 0.15) is 6.04 Å². The van der Waals surface area contributed by atoms with E-state index in [1.54, 1.807) is 20.3 Å². The minimum Gasteiger partial charge on any atom is -0.493 e. The van der Waals surface area contributed by atoms with Crippen LogP contribution in [0.3, 0.4) is 0 Å². The second kappa shape index (κ2) is 11.5. The second-order valence-corrected chi connectivity index (χ2v) is 7.71. The molecule has 0 unspecified atom stereocenters. The van der Waals surface area contributed by atoms with Crippen molar-refractivity contribution in [2.24, 2.45) is 5.92 Å². The molecule has 1 aromatic rings. The summed E-state index contributed by atoms with van der Waals surface area (Å²) >= 11 is 0. The number of hydrogen-bond donors (Lipinski definition) is 3. The van der Waals surface area contributed by atoms with Crippen molar-refractivity contribution in [1.29, 1.82) is 0 Å². The number of carbonyl (C=O) groups is 3. The van der Waals surface area contributed by atoms with Crippen molar-refractivity contribution in [3.8, 4) is 11.5 Å². The molecule has 0 radical (unpaired) electrons. The number of nitrogens with one attached hydrogen (secondary N) is 2. The monoisotopic (exact) mass is 435 g/mol. The Hall–Kier alpha value is -2.81. The van der Waals surface area contributed by atoms with E-state index in [0.29, 0.717) is 17.9 Å². The first-order chi connectivity index (χ1) is 14.8. The molecule has 0 aromatic heterocycles. The lowest BCUT2D eigenvalue weighted by Gasteiger charge is -2.22. The Morgan fingerprint density at radius 2 is 1.97 bits per heavy atom. The number of rotatable bonds is 12. The zero-order valence-corrected chi connectivity index (χ0v) is 18.6. The van der Waals surface area contributed by atoms with Gasteiger partial charge < -0.3 is 25.2 Å². The Balaban J connectivity index is 1.87. The van der Waals surface area contributed by atoms with Crippen LogP contribution in [-0.2, 0) is 16.0 Å². The largest absolute Gasteiger partial charge is 0.493 e. The predicted octanol–water partition coefficient (Wildman–Crippen LogP) is 1.47. The Bertz CT molecular complexity index is 785. The highest BCUT2D eigenvalue weighted by molar-refractivity contribution is 6.04. The van der Waals surface area contributed by atoms with Gasteiger partial charge in [-0.3, -0.25) is 14.5 Å². The fraction of sp³-hybridized carbons (Fsp3) is 0.591. The minimum atomic E-state index is -0.722. The van der Waals surface area contributed by atoms with Crippen molar-refractivity contribution in [1.82, 2.24) is 15.5 Å². The van der Waals surface area contributed by atoms with Crippen LogP contribution in [0.4, 0.5) is 4.79 Å². The van der Waals surface area contributed by atoms with Crippen LogP contribution in [0, 0.1) is 5.92 Å². The van der Waals surface area contributed by atoms with Crippen molar-refractivity contribution in [2.75, 3.05) is 27.4 Å². The van der Waals surface area contributed by atoms with Crippen LogP contribution in [0.1, 0.15) is 38.7 Å². The minimum absolute atomic E-state index is 0.0904. The number of imide groups is 1. The average Bonchev–Trinajstić information content (AvgIpc) is 3.06. The maximum absolute atomic E-state index is 12.6. The molecule has 9 heteroatoms. The summed E-state index contributed by atoms with van der Waals surface area (Å²) in [6, 6.07) is 3.96. The van der Waals surface area contributed by atoms with Gasteiger partial charge in [0, 0.05) is 13.0 Å². The normalized spacial score (nSPS) is 17.8. The summed E-state index contributed by atoms with van der Waals surface area (Å²) in [7, 11) is 3.10. The zero-order valence-electron chi connectivity index (χ0n) is 18.6. The molecule has 1 saturated heterocycles. The van der Waals surface area contributed by atoms with E-state index in [2.05, 4.69) is 10.6 Å². The number of nitrogens with zero attached hydrogens (tertiary/aromatic N) is 1. The van der Waals surface area contributed by atoms with Crippen LogP contribution < -0.4 is 20.1 Å². The van der Waals surface area contributed by atoms with Crippen LogP contribution >= 0.6 is 0 Å². The van der Waals surface area contributed by atoms with Gasteiger partial charge in [0.2, 0.25) is 5.91 Å². The summed E-state index contributed by atoms with van der Waals surface area (Å²) in [5.41, 5.74) is 0.904. The van der Waals surface area contributed by atoms with Crippen LogP contribution in [0.15, 0.2) is 18.2 Å². The third kappa shape index (κ3) is 6.33. The highest BCUT2D eigenvalue weighted by Gasteiger charge is 2.37. The van der Waals surface area contributed by atoms with E-state index < -0.39 is 12.1 Å². The van der Waals surface area contributed by atoms with Crippen molar-refractivity contribution in [3.05, 3.63) is 23.8 Å². The van der Waals surface area contributed by atoms with Gasteiger partial charge in [-0.05, 0) is 36.5 Å². The van der Waals surface area contributed by atoms with Crippen LogP contribution in [0.5, 0.6) is 11.5 Å². The molecular formula is C22H33N3O6.